The molecule has 0 saturated heterocycles. The molecule has 0 bridgehead atoms. The summed E-state index contributed by atoms with van der Waals surface area (Å²) in [5.74, 6) is 0.105. The van der Waals surface area contributed by atoms with E-state index >= 15 is 0 Å². The van der Waals surface area contributed by atoms with E-state index in [1.165, 1.54) is 11.1 Å². The van der Waals surface area contributed by atoms with Crippen LogP contribution in [0.5, 0.6) is 0 Å². The highest BCUT2D eigenvalue weighted by molar-refractivity contribution is 6.30. The third-order valence-corrected chi connectivity index (χ3v) is 6.33. The maximum atomic E-state index is 13.5. The molecule has 5 rings (SSSR count). The van der Waals surface area contributed by atoms with Crippen LogP contribution in [0, 0.1) is 5.92 Å². The summed E-state index contributed by atoms with van der Waals surface area (Å²) in [4.78, 5) is 13.5. The third-order valence-electron chi connectivity index (χ3n) is 6.08. The number of benzene rings is 3. The highest BCUT2D eigenvalue weighted by Gasteiger charge is 2.43. The number of hydrogen-bond donors (Lipinski definition) is 0. The van der Waals surface area contributed by atoms with Gasteiger partial charge in [-0.05, 0) is 66.3 Å². The Hall–Kier alpha value is -3.17. The van der Waals surface area contributed by atoms with Crippen LogP contribution in [0.1, 0.15) is 46.8 Å². The number of hydrogen-bond acceptors (Lipinski definition) is 2. The van der Waals surface area contributed by atoms with Crippen molar-refractivity contribution in [1.29, 1.82) is 0 Å². The van der Waals surface area contributed by atoms with Crippen LogP contribution >= 0.6 is 11.6 Å². The maximum absolute atomic E-state index is 13.5. The number of rotatable bonds is 3. The molecule has 3 aromatic rings. The minimum Gasteiger partial charge on any atom is -0.267 e. The van der Waals surface area contributed by atoms with Gasteiger partial charge in [-0.2, -0.15) is 5.10 Å². The predicted molar refractivity (Wildman–Crippen MR) is 126 cm³/mol. The normalized spacial score (nSPS) is 21.6. The van der Waals surface area contributed by atoms with Crippen LogP contribution in [0.3, 0.4) is 0 Å². The van der Waals surface area contributed by atoms with Crippen LogP contribution in [0.15, 0.2) is 95.6 Å². The molecule has 1 aliphatic carbocycles. The molecule has 0 spiro atoms. The van der Waals surface area contributed by atoms with E-state index in [1.807, 2.05) is 36.4 Å². The van der Waals surface area contributed by atoms with E-state index < -0.39 is 0 Å². The molecule has 154 valence electrons. The first-order chi connectivity index (χ1) is 15.2. The molecular weight excluding hydrogens is 404 g/mol. The van der Waals surface area contributed by atoms with Crippen molar-refractivity contribution >= 4 is 29.3 Å². The lowest BCUT2D eigenvalue weighted by Crippen LogP contribution is -2.31. The number of fused-ring (bicyclic) bond motifs is 1. The van der Waals surface area contributed by atoms with Crippen LogP contribution in [0.25, 0.3) is 6.08 Å². The topological polar surface area (TPSA) is 32.7 Å². The van der Waals surface area contributed by atoms with Crippen LogP contribution in [0.2, 0.25) is 5.02 Å². The van der Waals surface area contributed by atoms with Crippen molar-refractivity contribution in [2.45, 2.75) is 25.3 Å². The number of halogens is 1. The van der Waals surface area contributed by atoms with Gasteiger partial charge in [-0.15, -0.1) is 0 Å². The molecule has 0 N–H and O–H groups in total. The predicted octanol–water partition coefficient (Wildman–Crippen LogP) is 6.78. The first-order valence-electron chi connectivity index (χ1n) is 10.7. The van der Waals surface area contributed by atoms with Gasteiger partial charge in [0.05, 0.1) is 11.8 Å². The summed E-state index contributed by atoms with van der Waals surface area (Å²) < 4.78 is 0. The first kappa shape index (κ1) is 19.8. The zero-order valence-corrected chi connectivity index (χ0v) is 17.9. The van der Waals surface area contributed by atoms with Gasteiger partial charge in [0, 0.05) is 16.5 Å². The van der Waals surface area contributed by atoms with Gasteiger partial charge < -0.3 is 0 Å². The summed E-state index contributed by atoms with van der Waals surface area (Å²) in [5, 5.41) is 7.26. The molecule has 0 unspecified atom stereocenters. The molecule has 1 amide bonds. The number of nitrogens with zero attached hydrogens (tertiary/aromatic N) is 2. The Kier molecular flexibility index (Phi) is 5.44. The van der Waals surface area contributed by atoms with Gasteiger partial charge >= 0.3 is 0 Å². The number of hydrazone groups is 1. The Morgan fingerprint density at radius 2 is 1.61 bits per heavy atom. The van der Waals surface area contributed by atoms with Gasteiger partial charge in [0.1, 0.15) is 0 Å². The molecule has 0 aromatic heterocycles. The zero-order valence-electron chi connectivity index (χ0n) is 17.1. The number of amides is 1. The van der Waals surface area contributed by atoms with Gasteiger partial charge in [-0.25, -0.2) is 5.01 Å². The van der Waals surface area contributed by atoms with Gasteiger partial charge in [0.2, 0.25) is 0 Å². The third kappa shape index (κ3) is 3.94. The lowest BCUT2D eigenvalue weighted by atomic mass is 9.77. The molecular formula is C27H23ClN2O. The van der Waals surface area contributed by atoms with Crippen molar-refractivity contribution in [1.82, 2.24) is 5.01 Å². The second kappa shape index (κ2) is 8.52. The molecule has 3 aromatic carbocycles. The van der Waals surface area contributed by atoms with Gasteiger partial charge in [0.15, 0.2) is 0 Å². The Labute approximate surface area is 187 Å². The minimum absolute atomic E-state index is 0.0912. The van der Waals surface area contributed by atoms with E-state index in [-0.39, 0.29) is 17.9 Å². The summed E-state index contributed by atoms with van der Waals surface area (Å²) in [6.45, 7) is 0. The quantitative estimate of drug-likeness (QED) is 0.454. The molecule has 3 nitrogen and oxygen atoms in total. The number of carbonyl (C=O) groups is 1. The fourth-order valence-corrected chi connectivity index (χ4v) is 4.75. The second-order valence-electron chi connectivity index (χ2n) is 8.08. The average molecular weight is 427 g/mol. The van der Waals surface area contributed by atoms with Crippen molar-refractivity contribution in [2.75, 3.05) is 0 Å². The lowest BCUT2D eigenvalue weighted by molar-refractivity contribution is 0.0681. The first-order valence-corrected chi connectivity index (χ1v) is 11.1. The van der Waals surface area contributed by atoms with Crippen LogP contribution < -0.4 is 0 Å². The monoisotopic (exact) mass is 426 g/mol. The fourth-order valence-electron chi connectivity index (χ4n) is 4.63. The highest BCUT2D eigenvalue weighted by atomic mass is 35.5. The minimum atomic E-state index is -0.0983. The van der Waals surface area contributed by atoms with Crippen molar-refractivity contribution in [2.24, 2.45) is 11.0 Å². The lowest BCUT2D eigenvalue weighted by Gasteiger charge is -2.29. The Balaban J connectivity index is 1.57. The summed E-state index contributed by atoms with van der Waals surface area (Å²) >= 11 is 6.04. The molecule has 31 heavy (non-hydrogen) atoms. The number of allylic oxidation sites excluding steroid dienone is 1. The summed E-state index contributed by atoms with van der Waals surface area (Å²) in [6.07, 6.45) is 5.32. The van der Waals surface area contributed by atoms with Crippen LogP contribution in [-0.2, 0) is 0 Å². The molecule has 2 atom stereocenters. The van der Waals surface area contributed by atoms with Crippen molar-refractivity contribution in [3.05, 3.63) is 112 Å². The summed E-state index contributed by atoms with van der Waals surface area (Å²) in [6, 6.07) is 27.6. The van der Waals surface area contributed by atoms with Crippen LogP contribution in [-0.4, -0.2) is 16.6 Å². The molecule has 4 heteroatoms. The van der Waals surface area contributed by atoms with Crippen LogP contribution in [0.4, 0.5) is 0 Å². The molecule has 1 saturated carbocycles. The Bertz CT molecular complexity index is 1140. The summed E-state index contributed by atoms with van der Waals surface area (Å²) in [7, 11) is 0. The maximum Gasteiger partial charge on any atom is 0.274 e. The highest BCUT2D eigenvalue weighted by Crippen LogP contribution is 2.44. The summed E-state index contributed by atoms with van der Waals surface area (Å²) in [5.41, 5.74) is 5.16. The Morgan fingerprint density at radius 1 is 0.935 bits per heavy atom. The van der Waals surface area contributed by atoms with Gasteiger partial charge in [-0.3, -0.25) is 4.79 Å². The van der Waals surface area contributed by atoms with Crippen molar-refractivity contribution in [3.8, 4) is 0 Å². The molecule has 1 fully saturated rings. The van der Waals surface area contributed by atoms with E-state index in [1.54, 1.807) is 29.3 Å². The largest absolute Gasteiger partial charge is 0.274 e. The van der Waals surface area contributed by atoms with E-state index in [0.717, 1.165) is 30.5 Å². The molecule has 0 radical (unpaired) electrons. The average Bonchev–Trinajstić information content (AvgIpc) is 3.21. The SMILES string of the molecule is O=C(c1ccc(Cl)cc1)N1N=C2/C(=C/c3ccccc3)CCC[C@@H]2[C@H]1c1ccccc1. The van der Waals surface area contributed by atoms with Gasteiger partial charge in [0.25, 0.3) is 5.91 Å². The zero-order chi connectivity index (χ0) is 21.2. The smallest absolute Gasteiger partial charge is 0.267 e. The van der Waals surface area contributed by atoms with Gasteiger partial charge in [-0.1, -0.05) is 72.3 Å². The van der Waals surface area contributed by atoms with Crippen molar-refractivity contribution < 1.29 is 4.79 Å². The van der Waals surface area contributed by atoms with Crippen molar-refractivity contribution in [3.63, 3.8) is 0 Å². The Morgan fingerprint density at radius 3 is 2.32 bits per heavy atom. The molecule has 1 heterocycles. The standard InChI is InChI=1S/C27H23ClN2O/c28-23-16-14-21(15-17-23)27(31)30-26(20-10-5-2-6-11-20)24-13-7-12-22(25(24)29-30)18-19-8-3-1-4-9-19/h1-6,8-11,14-18,24,26H,7,12-13H2/b22-18+/t24-,26+/m0/s1. The molecule has 2 aliphatic rings. The molecule has 1 aliphatic heterocycles. The van der Waals surface area contributed by atoms with E-state index in [4.69, 9.17) is 16.7 Å². The van der Waals surface area contributed by atoms with E-state index in [9.17, 15) is 4.79 Å². The van der Waals surface area contributed by atoms with E-state index in [2.05, 4.69) is 30.3 Å². The van der Waals surface area contributed by atoms with E-state index in [0.29, 0.717) is 10.6 Å². The second-order valence-corrected chi connectivity index (χ2v) is 8.51. The fraction of sp³-hybridized carbons (Fsp3) is 0.185. The number of carbonyl (C=O) groups excluding carboxylic acids is 1.